The number of hydrogen-bond acceptors (Lipinski definition) is 4. The predicted octanol–water partition coefficient (Wildman–Crippen LogP) is 0.779. The van der Waals surface area contributed by atoms with Gasteiger partial charge in [0.1, 0.15) is 12.2 Å². The Kier molecular flexibility index (Phi) is 4.50. The first-order chi connectivity index (χ1) is 8.31. The molecular formula is C12H23N5. The van der Waals surface area contributed by atoms with E-state index in [-0.39, 0.29) is 0 Å². The lowest BCUT2D eigenvalue weighted by molar-refractivity contribution is 0.153. The molecule has 96 valence electrons. The number of aromatic nitrogens is 3. The minimum absolute atomic E-state index is 0.653. The van der Waals surface area contributed by atoms with Crippen LogP contribution in [0.4, 0.5) is 0 Å². The molecule has 1 aromatic rings. The molecule has 17 heavy (non-hydrogen) atoms. The van der Waals surface area contributed by atoms with Gasteiger partial charge in [0.25, 0.3) is 0 Å². The average molecular weight is 237 g/mol. The molecule has 1 atom stereocenters. The highest BCUT2D eigenvalue weighted by atomic mass is 15.3. The Morgan fingerprint density at radius 1 is 1.59 bits per heavy atom. The fourth-order valence-corrected chi connectivity index (χ4v) is 2.45. The molecule has 5 heteroatoms. The summed E-state index contributed by atoms with van der Waals surface area (Å²) in [5, 5.41) is 11.6. The summed E-state index contributed by atoms with van der Waals surface area (Å²) in [4.78, 5) is 2.54. The fraction of sp³-hybridized carbons (Fsp3) is 0.833. The van der Waals surface area contributed by atoms with Gasteiger partial charge in [0.2, 0.25) is 0 Å². The standard InChI is InChI=1S/C12H23N5/c1-3-7-17(11-5-4-6-13-8-11)9-12-15-14-10-16(12)2/h10-11,13H,3-9H2,1-2H3. The van der Waals surface area contributed by atoms with E-state index in [1.165, 1.54) is 25.8 Å². The van der Waals surface area contributed by atoms with Crippen LogP contribution in [0.3, 0.4) is 0 Å². The number of nitrogens with one attached hydrogen (secondary N) is 1. The van der Waals surface area contributed by atoms with Crippen molar-refractivity contribution in [1.29, 1.82) is 0 Å². The average Bonchev–Trinajstić information content (AvgIpc) is 2.76. The number of piperidine rings is 1. The van der Waals surface area contributed by atoms with Gasteiger partial charge in [-0.25, -0.2) is 0 Å². The lowest BCUT2D eigenvalue weighted by Crippen LogP contribution is -2.46. The van der Waals surface area contributed by atoms with E-state index >= 15 is 0 Å². The van der Waals surface area contributed by atoms with Crippen molar-refractivity contribution < 1.29 is 0 Å². The highest BCUT2D eigenvalue weighted by Gasteiger charge is 2.21. The Labute approximate surface area is 103 Å². The molecule has 0 aliphatic carbocycles. The zero-order valence-corrected chi connectivity index (χ0v) is 10.9. The van der Waals surface area contributed by atoms with E-state index in [1.54, 1.807) is 6.33 Å². The smallest absolute Gasteiger partial charge is 0.146 e. The Morgan fingerprint density at radius 3 is 3.06 bits per heavy atom. The van der Waals surface area contributed by atoms with Crippen molar-refractivity contribution in [3.05, 3.63) is 12.2 Å². The van der Waals surface area contributed by atoms with Gasteiger partial charge < -0.3 is 9.88 Å². The van der Waals surface area contributed by atoms with Crippen molar-refractivity contribution >= 4 is 0 Å². The first-order valence-electron chi connectivity index (χ1n) is 6.59. The number of hydrogen-bond donors (Lipinski definition) is 1. The Morgan fingerprint density at radius 2 is 2.47 bits per heavy atom. The van der Waals surface area contributed by atoms with Crippen molar-refractivity contribution in [3.63, 3.8) is 0 Å². The van der Waals surface area contributed by atoms with Gasteiger partial charge in [-0.2, -0.15) is 0 Å². The van der Waals surface area contributed by atoms with Gasteiger partial charge in [0.05, 0.1) is 6.54 Å². The highest BCUT2D eigenvalue weighted by molar-refractivity contribution is 4.87. The third-order valence-corrected chi connectivity index (χ3v) is 3.45. The van der Waals surface area contributed by atoms with Crippen LogP contribution in [-0.2, 0) is 13.6 Å². The molecule has 2 rings (SSSR count). The van der Waals surface area contributed by atoms with Crippen LogP contribution in [0.1, 0.15) is 32.0 Å². The van der Waals surface area contributed by atoms with Crippen LogP contribution < -0.4 is 5.32 Å². The number of aryl methyl sites for hydroxylation is 1. The van der Waals surface area contributed by atoms with E-state index in [1.807, 2.05) is 11.6 Å². The molecule has 0 amide bonds. The predicted molar refractivity (Wildman–Crippen MR) is 67.6 cm³/mol. The molecule has 1 unspecified atom stereocenters. The largest absolute Gasteiger partial charge is 0.320 e. The second-order valence-corrected chi connectivity index (χ2v) is 4.83. The topological polar surface area (TPSA) is 46.0 Å². The summed E-state index contributed by atoms with van der Waals surface area (Å²) < 4.78 is 2.01. The summed E-state index contributed by atoms with van der Waals surface area (Å²) in [6, 6.07) is 0.653. The number of rotatable bonds is 5. The fourth-order valence-electron chi connectivity index (χ4n) is 2.45. The van der Waals surface area contributed by atoms with E-state index in [2.05, 4.69) is 27.3 Å². The molecule has 1 aromatic heterocycles. The maximum Gasteiger partial charge on any atom is 0.146 e. The van der Waals surface area contributed by atoms with Crippen LogP contribution in [0.25, 0.3) is 0 Å². The van der Waals surface area contributed by atoms with Crippen LogP contribution in [0.2, 0.25) is 0 Å². The molecule has 0 spiro atoms. The molecule has 1 saturated heterocycles. The van der Waals surface area contributed by atoms with Crippen LogP contribution in [0, 0.1) is 0 Å². The van der Waals surface area contributed by atoms with E-state index < -0.39 is 0 Å². The molecule has 1 fully saturated rings. The molecule has 2 heterocycles. The van der Waals surface area contributed by atoms with Gasteiger partial charge in [-0.3, -0.25) is 4.90 Å². The van der Waals surface area contributed by atoms with Crippen LogP contribution in [-0.4, -0.2) is 45.3 Å². The quantitative estimate of drug-likeness (QED) is 0.822. The Balaban J connectivity index is 1.98. The van der Waals surface area contributed by atoms with Crippen molar-refractivity contribution in [2.45, 2.75) is 38.8 Å². The van der Waals surface area contributed by atoms with Crippen molar-refractivity contribution in [3.8, 4) is 0 Å². The molecule has 5 nitrogen and oxygen atoms in total. The number of nitrogens with zero attached hydrogens (tertiary/aromatic N) is 4. The monoisotopic (exact) mass is 237 g/mol. The summed E-state index contributed by atoms with van der Waals surface area (Å²) in [5.41, 5.74) is 0. The molecule has 0 bridgehead atoms. The van der Waals surface area contributed by atoms with Crippen LogP contribution >= 0.6 is 0 Å². The van der Waals surface area contributed by atoms with Crippen molar-refractivity contribution in [2.24, 2.45) is 7.05 Å². The molecule has 0 radical (unpaired) electrons. The van der Waals surface area contributed by atoms with Crippen molar-refractivity contribution in [1.82, 2.24) is 25.0 Å². The van der Waals surface area contributed by atoms with Gasteiger partial charge >= 0.3 is 0 Å². The third-order valence-electron chi connectivity index (χ3n) is 3.45. The third kappa shape index (κ3) is 3.26. The van der Waals surface area contributed by atoms with E-state index in [0.29, 0.717) is 6.04 Å². The minimum atomic E-state index is 0.653. The van der Waals surface area contributed by atoms with Gasteiger partial charge in [-0.15, -0.1) is 10.2 Å². The molecule has 0 saturated carbocycles. The van der Waals surface area contributed by atoms with Crippen molar-refractivity contribution in [2.75, 3.05) is 19.6 Å². The SMILES string of the molecule is CCCN(Cc1nncn1C)C1CCCNC1. The van der Waals surface area contributed by atoms with Gasteiger partial charge in [-0.05, 0) is 32.4 Å². The molecule has 1 aliphatic heterocycles. The first kappa shape index (κ1) is 12.5. The Hall–Kier alpha value is -0.940. The van der Waals surface area contributed by atoms with Gasteiger partial charge in [-0.1, -0.05) is 6.92 Å². The summed E-state index contributed by atoms with van der Waals surface area (Å²) in [5.74, 6) is 1.06. The zero-order chi connectivity index (χ0) is 12.1. The van der Waals surface area contributed by atoms with Crippen LogP contribution in [0.15, 0.2) is 6.33 Å². The first-order valence-corrected chi connectivity index (χ1v) is 6.59. The summed E-state index contributed by atoms with van der Waals surface area (Å²) in [7, 11) is 2.01. The maximum atomic E-state index is 4.18. The summed E-state index contributed by atoms with van der Waals surface area (Å²) >= 11 is 0. The normalized spacial score (nSPS) is 21.0. The van der Waals surface area contributed by atoms with E-state index in [0.717, 1.165) is 25.5 Å². The van der Waals surface area contributed by atoms with Crippen LogP contribution in [0.5, 0.6) is 0 Å². The summed E-state index contributed by atoms with van der Waals surface area (Å²) in [6.07, 6.45) is 5.54. The second-order valence-electron chi connectivity index (χ2n) is 4.83. The van der Waals surface area contributed by atoms with E-state index in [9.17, 15) is 0 Å². The van der Waals surface area contributed by atoms with Gasteiger partial charge in [0, 0.05) is 19.6 Å². The summed E-state index contributed by atoms with van der Waals surface area (Å²) in [6.45, 7) is 6.56. The maximum absolute atomic E-state index is 4.18. The lowest BCUT2D eigenvalue weighted by Gasteiger charge is -2.34. The van der Waals surface area contributed by atoms with E-state index in [4.69, 9.17) is 0 Å². The molecular weight excluding hydrogens is 214 g/mol. The Bertz CT molecular complexity index is 329. The van der Waals surface area contributed by atoms with Gasteiger partial charge in [0.15, 0.2) is 0 Å². The minimum Gasteiger partial charge on any atom is -0.320 e. The highest BCUT2D eigenvalue weighted by Crippen LogP contribution is 2.13. The lowest BCUT2D eigenvalue weighted by atomic mass is 10.1. The second kappa shape index (κ2) is 6.12. The molecule has 1 N–H and O–H groups in total. The molecule has 1 aliphatic rings. The zero-order valence-electron chi connectivity index (χ0n) is 10.9. The molecule has 0 aromatic carbocycles.